The lowest BCUT2D eigenvalue weighted by molar-refractivity contribution is 0.456. The van der Waals surface area contributed by atoms with Crippen molar-refractivity contribution in [1.29, 1.82) is 0 Å². The average Bonchev–Trinajstić information content (AvgIpc) is 2.69. The summed E-state index contributed by atoms with van der Waals surface area (Å²) in [6.45, 7) is 0.910. The van der Waals surface area contributed by atoms with Gasteiger partial charge in [-0.3, -0.25) is 0 Å². The van der Waals surface area contributed by atoms with Gasteiger partial charge in [0.05, 0.1) is 4.90 Å². The van der Waals surface area contributed by atoms with Gasteiger partial charge in [-0.15, -0.1) is 0 Å². The molecule has 0 saturated carbocycles. The number of hydrogen-bond donors (Lipinski definition) is 2. The van der Waals surface area contributed by atoms with Crippen LogP contribution in [-0.4, -0.2) is 26.3 Å². The van der Waals surface area contributed by atoms with Crippen LogP contribution in [-0.2, 0) is 9.84 Å². The summed E-state index contributed by atoms with van der Waals surface area (Å²) in [5.41, 5.74) is 0.681. The third-order valence-corrected chi connectivity index (χ3v) is 3.97. The summed E-state index contributed by atoms with van der Waals surface area (Å²) in [7, 11) is -3.21. The third-order valence-electron chi connectivity index (χ3n) is 2.86. The molecule has 1 aromatic rings. The van der Waals surface area contributed by atoms with Crippen molar-refractivity contribution >= 4 is 9.84 Å². The molecule has 1 aromatic carbocycles. The fourth-order valence-corrected chi connectivity index (χ4v) is 2.65. The van der Waals surface area contributed by atoms with Gasteiger partial charge < -0.3 is 10.4 Å². The van der Waals surface area contributed by atoms with E-state index in [2.05, 4.69) is 5.32 Å². The number of rotatable bonds is 2. The highest BCUT2D eigenvalue weighted by atomic mass is 32.2. The molecule has 4 nitrogen and oxygen atoms in total. The van der Waals surface area contributed by atoms with Gasteiger partial charge in [0.2, 0.25) is 0 Å². The highest BCUT2D eigenvalue weighted by Gasteiger charge is 2.21. The molecule has 1 fully saturated rings. The summed E-state index contributed by atoms with van der Waals surface area (Å²) < 4.78 is 22.8. The highest BCUT2D eigenvalue weighted by molar-refractivity contribution is 7.90. The molecule has 0 bridgehead atoms. The van der Waals surface area contributed by atoms with Crippen LogP contribution in [0.3, 0.4) is 0 Å². The smallest absolute Gasteiger partial charge is 0.175 e. The summed E-state index contributed by atoms with van der Waals surface area (Å²) >= 11 is 0. The number of nitrogens with one attached hydrogen (secondary N) is 1. The van der Waals surface area contributed by atoms with E-state index in [0.717, 1.165) is 19.4 Å². The van der Waals surface area contributed by atoms with Crippen molar-refractivity contribution in [3.8, 4) is 5.75 Å². The van der Waals surface area contributed by atoms with Crippen LogP contribution in [0.1, 0.15) is 24.4 Å². The van der Waals surface area contributed by atoms with Crippen molar-refractivity contribution in [2.75, 3.05) is 12.8 Å². The van der Waals surface area contributed by atoms with Crippen molar-refractivity contribution in [3.05, 3.63) is 23.8 Å². The molecule has 0 amide bonds. The molecule has 1 aliphatic rings. The van der Waals surface area contributed by atoms with Crippen LogP contribution < -0.4 is 5.32 Å². The lowest BCUT2D eigenvalue weighted by Gasteiger charge is -2.13. The second-order valence-electron chi connectivity index (χ2n) is 4.14. The number of aromatic hydroxyl groups is 1. The molecule has 1 atom stereocenters. The summed E-state index contributed by atoms with van der Waals surface area (Å²) in [5, 5.41) is 13.0. The van der Waals surface area contributed by atoms with Crippen molar-refractivity contribution in [2.24, 2.45) is 0 Å². The first-order valence-corrected chi connectivity index (χ1v) is 7.14. The fourth-order valence-electron chi connectivity index (χ4n) is 1.99. The molecule has 5 heteroatoms. The maximum atomic E-state index is 11.4. The zero-order valence-electron chi connectivity index (χ0n) is 9.10. The molecule has 16 heavy (non-hydrogen) atoms. The standard InChI is InChI=1S/C11H15NO3S/c1-16(14,15)8-4-5-11(13)9(7-8)10-3-2-6-12-10/h4-5,7,10,12-13H,2-3,6H2,1H3/t10-/m0/s1. The highest BCUT2D eigenvalue weighted by Crippen LogP contribution is 2.31. The SMILES string of the molecule is CS(=O)(=O)c1ccc(O)c([C@@H]2CCCN2)c1. The maximum Gasteiger partial charge on any atom is 0.175 e. The molecule has 88 valence electrons. The molecule has 0 aromatic heterocycles. The lowest BCUT2D eigenvalue weighted by atomic mass is 10.0. The fraction of sp³-hybridized carbons (Fsp3) is 0.455. The van der Waals surface area contributed by atoms with Crippen LogP contribution >= 0.6 is 0 Å². The third kappa shape index (κ3) is 2.20. The van der Waals surface area contributed by atoms with E-state index in [4.69, 9.17) is 0 Å². The number of hydrogen-bond acceptors (Lipinski definition) is 4. The maximum absolute atomic E-state index is 11.4. The number of phenolic OH excluding ortho intramolecular Hbond substituents is 1. The Hall–Kier alpha value is -1.07. The second-order valence-corrected chi connectivity index (χ2v) is 6.16. The normalized spacial score (nSPS) is 21.2. The van der Waals surface area contributed by atoms with Crippen LogP contribution in [0.5, 0.6) is 5.75 Å². The van der Waals surface area contributed by atoms with Gasteiger partial charge in [0.1, 0.15) is 5.75 Å². The first kappa shape index (κ1) is 11.4. The van der Waals surface area contributed by atoms with E-state index in [0.29, 0.717) is 5.56 Å². The molecule has 0 aliphatic carbocycles. The summed E-state index contributed by atoms with van der Waals surface area (Å²) in [4.78, 5) is 0.258. The largest absolute Gasteiger partial charge is 0.508 e. The Morgan fingerprint density at radius 1 is 1.44 bits per heavy atom. The molecule has 1 saturated heterocycles. The molecule has 2 N–H and O–H groups in total. The van der Waals surface area contributed by atoms with E-state index < -0.39 is 9.84 Å². The van der Waals surface area contributed by atoms with Gasteiger partial charge in [-0.05, 0) is 37.6 Å². The Bertz CT molecular complexity index is 490. The molecule has 1 aliphatic heterocycles. The van der Waals surface area contributed by atoms with Crippen LogP contribution in [0.4, 0.5) is 0 Å². The van der Waals surface area contributed by atoms with Crippen molar-refractivity contribution in [1.82, 2.24) is 5.32 Å². The molecule has 0 spiro atoms. The predicted molar refractivity (Wildman–Crippen MR) is 61.2 cm³/mol. The van der Waals surface area contributed by atoms with Gasteiger partial charge in [0.25, 0.3) is 0 Å². The number of sulfone groups is 1. The summed E-state index contributed by atoms with van der Waals surface area (Å²) in [6, 6.07) is 4.52. The zero-order chi connectivity index (χ0) is 11.8. The Morgan fingerprint density at radius 3 is 2.75 bits per heavy atom. The van der Waals surface area contributed by atoms with Gasteiger partial charge in [0, 0.05) is 17.9 Å². The summed E-state index contributed by atoms with van der Waals surface area (Å²) in [6.07, 6.45) is 3.15. The van der Waals surface area contributed by atoms with Crippen LogP contribution in [0, 0.1) is 0 Å². The first-order chi connectivity index (χ1) is 7.48. The first-order valence-electron chi connectivity index (χ1n) is 5.25. The van der Waals surface area contributed by atoms with Crippen LogP contribution in [0.25, 0.3) is 0 Å². The number of phenols is 1. The lowest BCUT2D eigenvalue weighted by Crippen LogP contribution is -2.13. The van der Waals surface area contributed by atoms with Crippen LogP contribution in [0.2, 0.25) is 0 Å². The van der Waals surface area contributed by atoms with E-state index in [1.807, 2.05) is 0 Å². The summed E-state index contributed by atoms with van der Waals surface area (Å²) in [5.74, 6) is 0.159. The Labute approximate surface area is 95.2 Å². The Kier molecular flexibility index (Phi) is 2.90. The predicted octanol–water partition coefficient (Wildman–Crippen LogP) is 1.22. The molecule has 2 rings (SSSR count). The quantitative estimate of drug-likeness (QED) is 0.817. The van der Waals surface area contributed by atoms with Crippen molar-refractivity contribution in [2.45, 2.75) is 23.8 Å². The van der Waals surface area contributed by atoms with Gasteiger partial charge in [0.15, 0.2) is 9.84 Å². The van der Waals surface area contributed by atoms with Crippen molar-refractivity contribution in [3.63, 3.8) is 0 Å². The van der Waals surface area contributed by atoms with Gasteiger partial charge >= 0.3 is 0 Å². The van der Waals surface area contributed by atoms with Crippen molar-refractivity contribution < 1.29 is 13.5 Å². The molecular weight excluding hydrogens is 226 g/mol. The molecule has 1 heterocycles. The van der Waals surface area contributed by atoms with E-state index in [1.165, 1.54) is 18.4 Å². The number of benzene rings is 1. The topological polar surface area (TPSA) is 66.4 Å². The van der Waals surface area contributed by atoms with Gasteiger partial charge in [-0.1, -0.05) is 0 Å². The molecule has 0 unspecified atom stereocenters. The van der Waals surface area contributed by atoms with Gasteiger partial charge in [-0.2, -0.15) is 0 Å². The molecular formula is C11H15NO3S. The zero-order valence-corrected chi connectivity index (χ0v) is 9.92. The monoisotopic (exact) mass is 241 g/mol. The minimum atomic E-state index is -3.21. The van der Waals surface area contributed by atoms with E-state index >= 15 is 0 Å². The second kappa shape index (κ2) is 4.07. The van der Waals surface area contributed by atoms with Crippen LogP contribution in [0.15, 0.2) is 23.1 Å². The van der Waals surface area contributed by atoms with E-state index in [9.17, 15) is 13.5 Å². The minimum absolute atomic E-state index is 0.0710. The Balaban J connectivity index is 2.44. The Morgan fingerprint density at radius 2 is 2.19 bits per heavy atom. The van der Waals surface area contributed by atoms with E-state index in [1.54, 1.807) is 6.07 Å². The minimum Gasteiger partial charge on any atom is -0.508 e. The molecule has 0 radical (unpaired) electrons. The van der Waals surface area contributed by atoms with E-state index in [-0.39, 0.29) is 16.7 Å². The average molecular weight is 241 g/mol. The van der Waals surface area contributed by atoms with Gasteiger partial charge in [-0.25, -0.2) is 8.42 Å².